The van der Waals surface area contributed by atoms with E-state index < -0.39 is 0 Å². The van der Waals surface area contributed by atoms with Crippen LogP contribution in [0.1, 0.15) is 26.2 Å². The van der Waals surface area contributed by atoms with Crippen LogP contribution in [0.5, 0.6) is 0 Å². The molecule has 2 N–H and O–H groups in total. The van der Waals surface area contributed by atoms with Crippen LogP contribution in [-0.2, 0) is 0 Å². The number of benzene rings is 1. The molecular formula is C13H19FN2. The average molecular weight is 222 g/mol. The maximum Gasteiger partial charge on any atom is 0.123 e. The Balaban J connectivity index is 2.18. The van der Waals surface area contributed by atoms with E-state index in [0.29, 0.717) is 6.04 Å². The molecule has 2 nitrogen and oxygen atoms in total. The maximum atomic E-state index is 12.9. The Labute approximate surface area is 96.2 Å². The number of nitrogens with two attached hydrogens (primary N) is 1. The largest absolute Gasteiger partial charge is 0.367 e. The predicted molar refractivity (Wildman–Crippen MR) is 65.0 cm³/mol. The van der Waals surface area contributed by atoms with Gasteiger partial charge in [-0.1, -0.05) is 0 Å². The van der Waals surface area contributed by atoms with Crippen molar-refractivity contribution in [3.05, 3.63) is 30.1 Å². The van der Waals surface area contributed by atoms with Crippen LogP contribution >= 0.6 is 0 Å². The van der Waals surface area contributed by atoms with Crippen LogP contribution < -0.4 is 10.6 Å². The number of anilines is 1. The van der Waals surface area contributed by atoms with Crippen LogP contribution in [0.25, 0.3) is 0 Å². The highest BCUT2D eigenvalue weighted by molar-refractivity contribution is 5.47. The summed E-state index contributed by atoms with van der Waals surface area (Å²) < 4.78 is 12.9. The molecule has 2 atom stereocenters. The van der Waals surface area contributed by atoms with Crippen molar-refractivity contribution in [2.24, 2.45) is 5.73 Å². The number of hydrogen-bond acceptors (Lipinski definition) is 2. The molecule has 1 aliphatic carbocycles. The van der Waals surface area contributed by atoms with Crippen LogP contribution in [0.2, 0.25) is 0 Å². The quantitative estimate of drug-likeness (QED) is 0.851. The molecule has 2 rings (SSSR count). The van der Waals surface area contributed by atoms with E-state index in [1.807, 2.05) is 12.1 Å². The molecule has 1 fully saturated rings. The van der Waals surface area contributed by atoms with Gasteiger partial charge in [0, 0.05) is 24.3 Å². The van der Waals surface area contributed by atoms with Gasteiger partial charge in [-0.2, -0.15) is 0 Å². The van der Waals surface area contributed by atoms with Crippen molar-refractivity contribution in [2.45, 2.75) is 38.3 Å². The Morgan fingerprint density at radius 1 is 1.31 bits per heavy atom. The van der Waals surface area contributed by atoms with E-state index in [-0.39, 0.29) is 11.9 Å². The van der Waals surface area contributed by atoms with Gasteiger partial charge in [0.25, 0.3) is 0 Å². The molecular weight excluding hydrogens is 203 g/mol. The van der Waals surface area contributed by atoms with Crippen LogP contribution in [0.3, 0.4) is 0 Å². The molecule has 1 saturated carbocycles. The Kier molecular flexibility index (Phi) is 3.44. The number of rotatable bonds is 3. The molecule has 1 aromatic rings. The fourth-order valence-electron chi connectivity index (χ4n) is 2.60. The van der Waals surface area contributed by atoms with Gasteiger partial charge in [0.05, 0.1) is 0 Å². The van der Waals surface area contributed by atoms with Crippen LogP contribution in [0.15, 0.2) is 24.3 Å². The van der Waals surface area contributed by atoms with E-state index in [1.165, 1.54) is 18.6 Å². The van der Waals surface area contributed by atoms with Gasteiger partial charge < -0.3 is 10.6 Å². The summed E-state index contributed by atoms with van der Waals surface area (Å²) in [6, 6.07) is 7.37. The molecule has 2 unspecified atom stereocenters. The van der Waals surface area contributed by atoms with Gasteiger partial charge in [0.2, 0.25) is 0 Å². The molecule has 0 saturated heterocycles. The van der Waals surface area contributed by atoms with Crippen molar-refractivity contribution in [1.29, 1.82) is 0 Å². The first-order valence-electron chi connectivity index (χ1n) is 6.00. The van der Waals surface area contributed by atoms with E-state index in [4.69, 9.17) is 5.73 Å². The van der Waals surface area contributed by atoms with E-state index in [2.05, 4.69) is 11.8 Å². The van der Waals surface area contributed by atoms with E-state index in [0.717, 1.165) is 25.1 Å². The lowest BCUT2D eigenvalue weighted by atomic mass is 10.1. The molecule has 88 valence electrons. The second-order valence-corrected chi connectivity index (χ2v) is 4.42. The predicted octanol–water partition coefficient (Wildman–Crippen LogP) is 2.53. The Hall–Kier alpha value is -1.09. The maximum absolute atomic E-state index is 12.9. The topological polar surface area (TPSA) is 29.3 Å². The molecule has 0 bridgehead atoms. The Bertz CT molecular complexity index is 336. The number of likely N-dealkylation sites (N-methyl/N-ethyl adjacent to an activating group) is 1. The normalized spacial score (nSPS) is 24.7. The first-order valence-corrected chi connectivity index (χ1v) is 6.00. The minimum atomic E-state index is -0.185. The summed E-state index contributed by atoms with van der Waals surface area (Å²) in [6.07, 6.45) is 3.44. The van der Waals surface area contributed by atoms with Gasteiger partial charge in [0.1, 0.15) is 5.82 Å². The molecule has 1 aromatic carbocycles. The Morgan fingerprint density at radius 3 is 2.50 bits per heavy atom. The summed E-state index contributed by atoms with van der Waals surface area (Å²) in [5.41, 5.74) is 7.18. The standard InChI is InChI=1S/C13H19FN2/c1-2-16(13-5-3-4-12(13)15)11-8-6-10(14)7-9-11/h6-9,12-13H,2-5,15H2,1H3. The van der Waals surface area contributed by atoms with Gasteiger partial charge in [-0.15, -0.1) is 0 Å². The molecule has 0 aromatic heterocycles. The third-order valence-electron chi connectivity index (χ3n) is 3.43. The highest BCUT2D eigenvalue weighted by atomic mass is 19.1. The molecule has 0 spiro atoms. The highest BCUT2D eigenvalue weighted by Crippen LogP contribution is 2.27. The van der Waals surface area contributed by atoms with Gasteiger partial charge in [0.15, 0.2) is 0 Å². The molecule has 16 heavy (non-hydrogen) atoms. The fraction of sp³-hybridized carbons (Fsp3) is 0.538. The van der Waals surface area contributed by atoms with Crippen LogP contribution in [0, 0.1) is 5.82 Å². The summed E-state index contributed by atoms with van der Waals surface area (Å²) in [5, 5.41) is 0. The zero-order valence-electron chi connectivity index (χ0n) is 9.70. The average Bonchev–Trinajstić information content (AvgIpc) is 2.69. The lowest BCUT2D eigenvalue weighted by molar-refractivity contribution is 0.550. The molecule has 0 amide bonds. The van der Waals surface area contributed by atoms with Crippen molar-refractivity contribution >= 4 is 5.69 Å². The first-order chi connectivity index (χ1) is 7.72. The number of halogens is 1. The highest BCUT2D eigenvalue weighted by Gasteiger charge is 2.28. The monoisotopic (exact) mass is 222 g/mol. The van der Waals surface area contributed by atoms with Gasteiger partial charge in [-0.25, -0.2) is 4.39 Å². The number of nitrogens with zero attached hydrogens (tertiary/aromatic N) is 1. The summed E-state index contributed by atoms with van der Waals surface area (Å²) >= 11 is 0. The van der Waals surface area contributed by atoms with E-state index in [1.54, 1.807) is 0 Å². The van der Waals surface area contributed by atoms with Crippen molar-refractivity contribution in [2.75, 3.05) is 11.4 Å². The van der Waals surface area contributed by atoms with Crippen molar-refractivity contribution < 1.29 is 4.39 Å². The van der Waals surface area contributed by atoms with Crippen molar-refractivity contribution in [3.63, 3.8) is 0 Å². The van der Waals surface area contributed by atoms with Gasteiger partial charge in [-0.3, -0.25) is 0 Å². The van der Waals surface area contributed by atoms with Crippen LogP contribution in [-0.4, -0.2) is 18.6 Å². The summed E-state index contributed by atoms with van der Waals surface area (Å²) in [5.74, 6) is -0.185. The van der Waals surface area contributed by atoms with Gasteiger partial charge >= 0.3 is 0 Å². The van der Waals surface area contributed by atoms with Gasteiger partial charge in [-0.05, 0) is 50.5 Å². The lowest BCUT2D eigenvalue weighted by Crippen LogP contribution is -2.44. The second-order valence-electron chi connectivity index (χ2n) is 4.42. The number of hydrogen-bond donors (Lipinski definition) is 1. The fourth-order valence-corrected chi connectivity index (χ4v) is 2.60. The minimum absolute atomic E-state index is 0.185. The molecule has 1 aliphatic rings. The van der Waals surface area contributed by atoms with E-state index in [9.17, 15) is 4.39 Å². The lowest BCUT2D eigenvalue weighted by Gasteiger charge is -2.32. The summed E-state index contributed by atoms with van der Waals surface area (Å²) in [7, 11) is 0. The zero-order chi connectivity index (χ0) is 11.5. The van der Waals surface area contributed by atoms with Crippen molar-refractivity contribution in [3.8, 4) is 0 Å². The summed E-state index contributed by atoms with van der Waals surface area (Å²) in [6.45, 7) is 3.04. The third kappa shape index (κ3) is 2.19. The SMILES string of the molecule is CCN(c1ccc(F)cc1)C1CCCC1N. The molecule has 0 radical (unpaired) electrons. The molecule has 0 heterocycles. The smallest absolute Gasteiger partial charge is 0.123 e. The van der Waals surface area contributed by atoms with E-state index >= 15 is 0 Å². The minimum Gasteiger partial charge on any atom is -0.367 e. The Morgan fingerprint density at radius 2 is 2.00 bits per heavy atom. The first kappa shape index (κ1) is 11.4. The molecule has 0 aliphatic heterocycles. The zero-order valence-corrected chi connectivity index (χ0v) is 9.70. The van der Waals surface area contributed by atoms with Crippen molar-refractivity contribution in [1.82, 2.24) is 0 Å². The molecule has 3 heteroatoms. The summed E-state index contributed by atoms with van der Waals surface area (Å²) in [4.78, 5) is 2.29. The third-order valence-corrected chi connectivity index (χ3v) is 3.43. The second kappa shape index (κ2) is 4.83. The van der Waals surface area contributed by atoms with Crippen LogP contribution in [0.4, 0.5) is 10.1 Å².